The molecule has 0 radical (unpaired) electrons. The van der Waals surface area contributed by atoms with Crippen molar-refractivity contribution in [2.75, 3.05) is 0 Å². The normalized spacial score (nSPS) is 12.4. The van der Waals surface area contributed by atoms with Gasteiger partial charge in [0.25, 0.3) is 0 Å². The van der Waals surface area contributed by atoms with Crippen molar-refractivity contribution in [2.24, 2.45) is 5.73 Å². The molecule has 106 valence electrons. The molecule has 0 aliphatic rings. The molecule has 0 amide bonds. The predicted molar refractivity (Wildman–Crippen MR) is 88.8 cm³/mol. The number of halogens is 1. The third-order valence-corrected chi connectivity index (χ3v) is 4.78. The van der Waals surface area contributed by atoms with Gasteiger partial charge in [0.15, 0.2) is 0 Å². The maximum absolute atomic E-state index is 6.39. The van der Waals surface area contributed by atoms with Crippen LogP contribution >= 0.6 is 23.4 Å². The Balaban J connectivity index is 2.23. The van der Waals surface area contributed by atoms with E-state index in [4.69, 9.17) is 17.3 Å². The molecule has 0 heterocycles. The molecule has 2 aromatic rings. The number of nitrogens with two attached hydrogens (primary N) is 1. The Morgan fingerprint density at radius 1 is 1.10 bits per heavy atom. The first-order chi connectivity index (χ1) is 9.45. The summed E-state index contributed by atoms with van der Waals surface area (Å²) in [5.74, 6) is 0. The number of aryl methyl sites for hydroxylation is 2. The van der Waals surface area contributed by atoms with Crippen LogP contribution in [0.25, 0.3) is 0 Å². The molecule has 20 heavy (non-hydrogen) atoms. The van der Waals surface area contributed by atoms with E-state index in [1.807, 2.05) is 13.0 Å². The third-order valence-electron chi connectivity index (χ3n) is 3.12. The molecule has 0 fully saturated rings. The molecule has 0 aliphatic heterocycles. The van der Waals surface area contributed by atoms with Crippen LogP contribution in [0.1, 0.15) is 23.6 Å². The van der Waals surface area contributed by atoms with Gasteiger partial charge in [0, 0.05) is 15.8 Å². The van der Waals surface area contributed by atoms with Crippen molar-refractivity contribution in [3.63, 3.8) is 0 Å². The van der Waals surface area contributed by atoms with E-state index >= 15 is 0 Å². The fourth-order valence-corrected chi connectivity index (χ4v) is 3.38. The summed E-state index contributed by atoms with van der Waals surface area (Å²) < 4.78 is 0. The van der Waals surface area contributed by atoms with Gasteiger partial charge >= 0.3 is 0 Å². The molecule has 0 aliphatic carbocycles. The summed E-state index contributed by atoms with van der Waals surface area (Å²) in [5.41, 5.74) is 9.56. The van der Waals surface area contributed by atoms with Crippen LogP contribution in [0.5, 0.6) is 0 Å². The summed E-state index contributed by atoms with van der Waals surface area (Å²) in [7, 11) is 0. The molecule has 1 atom stereocenters. The van der Waals surface area contributed by atoms with Crippen molar-refractivity contribution in [2.45, 2.75) is 43.0 Å². The molecule has 2 rings (SSSR count). The van der Waals surface area contributed by atoms with Gasteiger partial charge in [-0.05, 0) is 62.1 Å². The van der Waals surface area contributed by atoms with Crippen molar-refractivity contribution in [3.05, 3.63) is 58.1 Å². The van der Waals surface area contributed by atoms with Crippen LogP contribution < -0.4 is 5.73 Å². The van der Waals surface area contributed by atoms with Crippen LogP contribution in [0.2, 0.25) is 5.02 Å². The fourth-order valence-electron chi connectivity index (χ4n) is 2.06. The van der Waals surface area contributed by atoms with E-state index in [1.54, 1.807) is 11.8 Å². The maximum atomic E-state index is 6.39. The predicted octanol–water partition coefficient (Wildman–Crippen LogP) is 5.00. The average Bonchev–Trinajstić information content (AvgIpc) is 2.36. The van der Waals surface area contributed by atoms with E-state index < -0.39 is 0 Å². The zero-order chi connectivity index (χ0) is 14.7. The number of hydrogen-bond donors (Lipinski definition) is 1. The van der Waals surface area contributed by atoms with Gasteiger partial charge in [-0.15, -0.1) is 0 Å². The Labute approximate surface area is 130 Å². The Morgan fingerprint density at radius 2 is 1.85 bits per heavy atom. The largest absolute Gasteiger partial charge is 0.328 e. The highest BCUT2D eigenvalue weighted by molar-refractivity contribution is 7.99. The van der Waals surface area contributed by atoms with Gasteiger partial charge in [-0.3, -0.25) is 0 Å². The van der Waals surface area contributed by atoms with E-state index in [9.17, 15) is 0 Å². The van der Waals surface area contributed by atoms with Crippen molar-refractivity contribution in [1.82, 2.24) is 0 Å². The van der Waals surface area contributed by atoms with Crippen LogP contribution in [0, 0.1) is 13.8 Å². The van der Waals surface area contributed by atoms with Crippen molar-refractivity contribution < 1.29 is 0 Å². The van der Waals surface area contributed by atoms with Crippen LogP contribution in [0.15, 0.2) is 46.2 Å². The molecule has 3 heteroatoms. The Hall–Kier alpha value is -0.960. The second-order valence-corrected chi connectivity index (χ2v) is 6.81. The van der Waals surface area contributed by atoms with Crippen LogP contribution in [-0.4, -0.2) is 6.04 Å². The average molecular weight is 306 g/mol. The van der Waals surface area contributed by atoms with Gasteiger partial charge in [-0.1, -0.05) is 41.6 Å². The van der Waals surface area contributed by atoms with Gasteiger partial charge in [0.05, 0.1) is 5.02 Å². The fraction of sp³-hybridized carbons (Fsp3) is 0.294. The quantitative estimate of drug-likeness (QED) is 0.860. The number of benzene rings is 2. The van der Waals surface area contributed by atoms with Crippen LogP contribution in [-0.2, 0) is 6.42 Å². The van der Waals surface area contributed by atoms with Crippen LogP contribution in [0.3, 0.4) is 0 Å². The lowest BCUT2D eigenvalue weighted by Crippen LogP contribution is -2.17. The minimum absolute atomic E-state index is 0.156. The van der Waals surface area contributed by atoms with E-state index in [0.717, 1.165) is 16.3 Å². The van der Waals surface area contributed by atoms with E-state index in [2.05, 4.69) is 44.2 Å². The summed E-state index contributed by atoms with van der Waals surface area (Å²) in [4.78, 5) is 2.35. The summed E-state index contributed by atoms with van der Waals surface area (Å²) in [6.07, 6.45) is 0.855. The first kappa shape index (κ1) is 15.4. The molecule has 0 saturated carbocycles. The van der Waals surface area contributed by atoms with Crippen molar-refractivity contribution in [3.8, 4) is 0 Å². The van der Waals surface area contributed by atoms with Gasteiger partial charge in [-0.2, -0.15) is 0 Å². The molecular weight excluding hydrogens is 286 g/mol. The monoisotopic (exact) mass is 305 g/mol. The summed E-state index contributed by atoms with van der Waals surface area (Å²) >= 11 is 8.11. The Bertz CT molecular complexity index is 608. The van der Waals surface area contributed by atoms with E-state index in [1.165, 1.54) is 21.6 Å². The second-order valence-electron chi connectivity index (χ2n) is 5.32. The molecule has 0 aromatic heterocycles. The summed E-state index contributed by atoms with van der Waals surface area (Å²) in [5, 5.41) is 0.800. The standard InChI is InChI=1S/C17H20ClNS/c1-11-4-5-12(2)17(8-11)20-16-7-6-14(9-13(3)19)10-15(16)18/h4-8,10,13H,9,19H2,1-3H3. The van der Waals surface area contributed by atoms with Gasteiger partial charge in [-0.25, -0.2) is 0 Å². The molecular formula is C17H20ClNS. The van der Waals surface area contributed by atoms with Crippen molar-refractivity contribution >= 4 is 23.4 Å². The first-order valence-electron chi connectivity index (χ1n) is 6.75. The van der Waals surface area contributed by atoms with E-state index in [0.29, 0.717) is 0 Å². The smallest absolute Gasteiger partial charge is 0.0548 e. The summed E-state index contributed by atoms with van der Waals surface area (Å²) in [6, 6.07) is 12.9. The molecule has 1 nitrogen and oxygen atoms in total. The molecule has 2 aromatic carbocycles. The second kappa shape index (κ2) is 6.66. The van der Waals surface area contributed by atoms with Gasteiger partial charge in [0.2, 0.25) is 0 Å². The topological polar surface area (TPSA) is 26.0 Å². The third kappa shape index (κ3) is 4.02. The van der Waals surface area contributed by atoms with Crippen LogP contribution in [0.4, 0.5) is 0 Å². The maximum Gasteiger partial charge on any atom is 0.0548 e. The zero-order valence-electron chi connectivity index (χ0n) is 12.1. The minimum atomic E-state index is 0.156. The first-order valence-corrected chi connectivity index (χ1v) is 7.94. The summed E-state index contributed by atoms with van der Waals surface area (Å²) in [6.45, 7) is 6.24. The highest BCUT2D eigenvalue weighted by Gasteiger charge is 2.07. The zero-order valence-corrected chi connectivity index (χ0v) is 13.7. The lowest BCUT2D eigenvalue weighted by molar-refractivity contribution is 0.738. The van der Waals surface area contributed by atoms with Gasteiger partial charge in [0.1, 0.15) is 0 Å². The van der Waals surface area contributed by atoms with Crippen molar-refractivity contribution in [1.29, 1.82) is 0 Å². The molecule has 0 saturated heterocycles. The highest BCUT2D eigenvalue weighted by atomic mass is 35.5. The molecule has 1 unspecified atom stereocenters. The Morgan fingerprint density at radius 3 is 2.50 bits per heavy atom. The lowest BCUT2D eigenvalue weighted by atomic mass is 10.1. The SMILES string of the molecule is Cc1ccc(C)c(Sc2ccc(CC(C)N)cc2Cl)c1. The molecule has 0 spiro atoms. The van der Waals surface area contributed by atoms with Gasteiger partial charge < -0.3 is 5.73 Å². The van der Waals surface area contributed by atoms with E-state index in [-0.39, 0.29) is 6.04 Å². The number of hydrogen-bond acceptors (Lipinski definition) is 2. The lowest BCUT2D eigenvalue weighted by Gasteiger charge is -2.11. The molecule has 2 N–H and O–H groups in total. The Kier molecular flexibility index (Phi) is 5.14. The minimum Gasteiger partial charge on any atom is -0.328 e. The molecule has 0 bridgehead atoms. The highest BCUT2D eigenvalue weighted by Crippen LogP contribution is 2.36. The number of rotatable bonds is 4.